The van der Waals surface area contributed by atoms with Gasteiger partial charge in [-0.2, -0.15) is 0 Å². The zero-order valence-electron chi connectivity index (χ0n) is 29.1. The minimum absolute atomic E-state index is 0.789. The van der Waals surface area contributed by atoms with Crippen LogP contribution < -0.4 is 8.85 Å². The molecule has 0 spiro atoms. The van der Waals surface area contributed by atoms with Crippen molar-refractivity contribution < 1.29 is 25.9 Å². The van der Waals surface area contributed by atoms with E-state index in [1.54, 1.807) is 37.7 Å². The molecule has 0 bridgehead atoms. The first kappa shape index (κ1) is 35.3. The van der Waals surface area contributed by atoms with Crippen LogP contribution in [0.5, 0.6) is 11.5 Å². The molecule has 2 aliphatic heterocycles. The van der Waals surface area contributed by atoms with Crippen molar-refractivity contribution in [3.8, 4) is 11.5 Å². The molecule has 48 heavy (non-hydrogen) atoms. The van der Waals surface area contributed by atoms with Gasteiger partial charge in [0.15, 0.2) is 0 Å². The summed E-state index contributed by atoms with van der Waals surface area (Å²) in [5.74, 6) is 1.58. The zero-order chi connectivity index (χ0) is 34.5. The second kappa shape index (κ2) is 13.3. The predicted octanol–water partition coefficient (Wildman–Crippen LogP) is 10.1. The van der Waals surface area contributed by atoms with Crippen LogP contribution in [0.25, 0.3) is 10.8 Å². The lowest BCUT2D eigenvalue weighted by molar-refractivity contribution is 0.280. The molecule has 0 amide bonds. The lowest BCUT2D eigenvalue weighted by Gasteiger charge is -2.32. The summed E-state index contributed by atoms with van der Waals surface area (Å²) in [4.78, 5) is 12.6. The van der Waals surface area contributed by atoms with Crippen LogP contribution in [0, 0.1) is 0 Å². The number of aliphatic imine (C=N–C) groups is 2. The molecule has 4 aromatic rings. The molecule has 14 heteroatoms. The Morgan fingerprint density at radius 1 is 0.458 bits per heavy atom. The van der Waals surface area contributed by atoms with Crippen LogP contribution in [-0.4, -0.2) is 58.6 Å². The van der Waals surface area contributed by atoms with Crippen LogP contribution in [-0.2, 0) is 17.1 Å². The highest BCUT2D eigenvalue weighted by Crippen LogP contribution is 2.50. The maximum absolute atomic E-state index is 6.31. The molecular weight excluding hydrogens is 709 g/mol. The first-order chi connectivity index (χ1) is 22.6. The summed E-state index contributed by atoms with van der Waals surface area (Å²) in [6, 6.07) is 24.9. The highest BCUT2D eigenvalue weighted by molar-refractivity contribution is 8.15. The quantitative estimate of drug-likeness (QED) is 0.132. The largest absolute Gasteiger partial charge is 0.521 e. The minimum atomic E-state index is -2.42. The number of nitrogens with zero attached hydrogens (tertiary/aromatic N) is 2. The van der Waals surface area contributed by atoms with E-state index < -0.39 is 34.2 Å². The van der Waals surface area contributed by atoms with Crippen molar-refractivity contribution in [2.24, 2.45) is 9.98 Å². The van der Waals surface area contributed by atoms with Gasteiger partial charge >= 0.3 is 34.2 Å². The van der Waals surface area contributed by atoms with Gasteiger partial charge in [-0.25, -0.2) is 9.98 Å². The summed E-state index contributed by atoms with van der Waals surface area (Å²) in [5.41, 5.74) is 4.01. The summed E-state index contributed by atoms with van der Waals surface area (Å²) in [6.07, 6.45) is 0. The predicted molar refractivity (Wildman–Crippen MR) is 208 cm³/mol. The number of hydrogen-bond donors (Lipinski definition) is 0. The Kier molecular flexibility index (Phi) is 9.80. The first-order valence-corrected chi connectivity index (χ1v) is 28.7. The SMILES string of the molecule is CO[Si](C)(C)O[Si](C)(C)Oc1ccc(C2=Nc3ccc4c5c(ccc(c35)S2)N=C(c2ccc(O[Si](C)(C)O[Si](C)(C)OC)cc2)S4)cc1. The fourth-order valence-corrected chi connectivity index (χ4v) is 19.7. The van der Waals surface area contributed by atoms with Crippen molar-refractivity contribution in [1.82, 2.24) is 0 Å². The van der Waals surface area contributed by atoms with Gasteiger partial charge in [0, 0.05) is 45.9 Å². The lowest BCUT2D eigenvalue weighted by Crippen LogP contribution is -2.49. The molecule has 2 heterocycles. The molecule has 6 rings (SSSR count). The van der Waals surface area contributed by atoms with Gasteiger partial charge < -0.3 is 25.9 Å². The average Bonchev–Trinajstić information content (AvgIpc) is 3.02. The van der Waals surface area contributed by atoms with Gasteiger partial charge in [-0.15, -0.1) is 0 Å². The average molecular weight is 751 g/mol. The molecule has 0 fully saturated rings. The van der Waals surface area contributed by atoms with Gasteiger partial charge in [-0.3, -0.25) is 0 Å². The third-order valence-electron chi connectivity index (χ3n) is 7.79. The smallest absolute Gasteiger partial charge is 0.383 e. The molecule has 0 aromatic heterocycles. The van der Waals surface area contributed by atoms with E-state index in [1.807, 2.05) is 76.6 Å². The Morgan fingerprint density at radius 2 is 0.812 bits per heavy atom. The van der Waals surface area contributed by atoms with E-state index in [4.69, 9.17) is 35.9 Å². The van der Waals surface area contributed by atoms with E-state index in [0.29, 0.717) is 0 Å². The molecule has 0 N–H and O–H groups in total. The van der Waals surface area contributed by atoms with E-state index in [0.717, 1.165) is 54.9 Å². The summed E-state index contributed by atoms with van der Waals surface area (Å²) < 4.78 is 36.3. The fourth-order valence-electron chi connectivity index (χ4n) is 5.68. The minimum Gasteiger partial charge on any atom is -0.521 e. The number of benzene rings is 4. The van der Waals surface area contributed by atoms with Crippen molar-refractivity contribution in [3.63, 3.8) is 0 Å². The standard InChI is InChI=1S/C34H42N2O6S2Si4/c1-37-45(3,4)41-47(7,8)39-25-15-11-23(12-16-25)33-35-27-19-22-30-32-28(20-21-29(43-33)31(27)32)36-34(44-30)24-13-17-26(18-14-24)40-48(9,10)42-46(5,6)38-2/h11-22H,1-10H3. The second-order valence-electron chi connectivity index (χ2n) is 13.4. The van der Waals surface area contributed by atoms with Gasteiger partial charge in [0.1, 0.15) is 21.6 Å². The van der Waals surface area contributed by atoms with E-state index in [-0.39, 0.29) is 0 Å². The van der Waals surface area contributed by atoms with Crippen LogP contribution in [0.1, 0.15) is 11.1 Å². The number of hydrogen-bond acceptors (Lipinski definition) is 10. The van der Waals surface area contributed by atoms with Gasteiger partial charge in [-0.1, -0.05) is 23.5 Å². The van der Waals surface area contributed by atoms with E-state index in [2.05, 4.69) is 48.5 Å². The molecule has 0 saturated carbocycles. The monoisotopic (exact) mass is 750 g/mol. The normalized spacial score (nSPS) is 14.9. The maximum atomic E-state index is 6.31. The topological polar surface area (TPSA) is 80.1 Å². The summed E-state index contributed by atoms with van der Waals surface area (Å²) in [7, 11) is -5.85. The Morgan fingerprint density at radius 3 is 1.15 bits per heavy atom. The van der Waals surface area contributed by atoms with Crippen molar-refractivity contribution in [2.75, 3.05) is 14.2 Å². The maximum Gasteiger partial charge on any atom is 0.383 e. The molecule has 8 nitrogen and oxygen atoms in total. The fraction of sp³-hybridized carbons (Fsp3) is 0.294. The molecule has 0 aliphatic carbocycles. The van der Waals surface area contributed by atoms with E-state index in [9.17, 15) is 0 Å². The Balaban J connectivity index is 1.21. The molecular formula is C34H42N2O6S2Si4. The molecule has 252 valence electrons. The third kappa shape index (κ3) is 7.93. The zero-order valence-corrected chi connectivity index (χ0v) is 34.7. The Labute approximate surface area is 296 Å². The van der Waals surface area contributed by atoms with Crippen LogP contribution in [0.2, 0.25) is 52.4 Å². The molecule has 4 aromatic carbocycles. The Bertz CT molecular complexity index is 1780. The Hall–Kier alpha value is -2.51. The molecule has 0 unspecified atom stereocenters. The lowest BCUT2D eigenvalue weighted by atomic mass is 10.1. The molecule has 0 radical (unpaired) electrons. The molecule has 2 aliphatic rings. The van der Waals surface area contributed by atoms with Crippen molar-refractivity contribution in [1.29, 1.82) is 0 Å². The highest BCUT2D eigenvalue weighted by atomic mass is 32.2. The van der Waals surface area contributed by atoms with Gasteiger partial charge in [0.25, 0.3) is 0 Å². The third-order valence-corrected chi connectivity index (χ3v) is 21.2. The number of thioether (sulfide) groups is 2. The van der Waals surface area contributed by atoms with E-state index >= 15 is 0 Å². The van der Waals surface area contributed by atoms with Gasteiger partial charge in [0.2, 0.25) is 0 Å². The van der Waals surface area contributed by atoms with Gasteiger partial charge in [0.05, 0.1) is 11.4 Å². The number of rotatable bonds is 12. The van der Waals surface area contributed by atoms with Crippen LogP contribution >= 0.6 is 23.5 Å². The highest BCUT2D eigenvalue weighted by Gasteiger charge is 2.38. The summed E-state index contributed by atoms with van der Waals surface area (Å²) >= 11 is 3.38. The molecule has 0 atom stereocenters. The second-order valence-corrected chi connectivity index (χ2v) is 29.5. The summed E-state index contributed by atoms with van der Waals surface area (Å²) in [6.45, 7) is 16.3. The van der Waals surface area contributed by atoms with Crippen LogP contribution in [0.4, 0.5) is 11.4 Å². The van der Waals surface area contributed by atoms with Crippen molar-refractivity contribution >= 4 is 90.0 Å². The molecule has 0 saturated heterocycles. The van der Waals surface area contributed by atoms with E-state index in [1.165, 1.54) is 9.79 Å². The first-order valence-electron chi connectivity index (χ1n) is 15.8. The van der Waals surface area contributed by atoms with Gasteiger partial charge in [-0.05, 0) is 125 Å². The summed E-state index contributed by atoms with van der Waals surface area (Å²) in [5, 5.41) is 4.22. The van der Waals surface area contributed by atoms with Crippen molar-refractivity contribution in [2.45, 2.75) is 62.2 Å². The van der Waals surface area contributed by atoms with Crippen LogP contribution in [0.3, 0.4) is 0 Å². The van der Waals surface area contributed by atoms with Crippen LogP contribution in [0.15, 0.2) is 92.6 Å². The van der Waals surface area contributed by atoms with Crippen molar-refractivity contribution in [3.05, 3.63) is 83.9 Å².